The highest BCUT2D eigenvalue weighted by Gasteiger charge is 2.32. The van der Waals surface area contributed by atoms with Crippen LogP contribution in [0.4, 0.5) is 18.9 Å². The van der Waals surface area contributed by atoms with Crippen molar-refractivity contribution in [3.63, 3.8) is 0 Å². The summed E-state index contributed by atoms with van der Waals surface area (Å²) in [6.07, 6.45) is -3.14. The highest BCUT2D eigenvalue weighted by atomic mass is 35.5. The number of nitrogens with one attached hydrogen (secondary N) is 1. The van der Waals surface area contributed by atoms with Gasteiger partial charge in [-0.05, 0) is 37.5 Å². The average molecular weight is 352 g/mol. The van der Waals surface area contributed by atoms with E-state index in [1.165, 1.54) is 4.90 Å². The van der Waals surface area contributed by atoms with Crippen molar-refractivity contribution in [3.05, 3.63) is 29.3 Å². The van der Waals surface area contributed by atoms with Gasteiger partial charge in [0.1, 0.15) is 0 Å². The Labute approximate surface area is 139 Å². The summed E-state index contributed by atoms with van der Waals surface area (Å²) in [5.74, 6) is -0.223. The SMILES string of the molecule is Cc1ccc(N)cc1C(=O)NC1CCN(CC(F)(F)F)CC1.Cl. The van der Waals surface area contributed by atoms with Crippen molar-refractivity contribution in [2.45, 2.75) is 32.0 Å². The fraction of sp³-hybridized carbons (Fsp3) is 0.533. The minimum absolute atomic E-state index is 0. The number of nitrogen functional groups attached to an aromatic ring is 1. The van der Waals surface area contributed by atoms with Gasteiger partial charge < -0.3 is 11.1 Å². The second-order valence-electron chi connectivity index (χ2n) is 5.71. The van der Waals surface area contributed by atoms with Crippen LogP contribution < -0.4 is 11.1 Å². The normalized spacial score (nSPS) is 16.7. The number of hydrogen-bond donors (Lipinski definition) is 2. The van der Waals surface area contributed by atoms with Gasteiger partial charge in [-0.2, -0.15) is 13.2 Å². The molecule has 23 heavy (non-hydrogen) atoms. The highest BCUT2D eigenvalue weighted by molar-refractivity contribution is 5.96. The van der Waals surface area contributed by atoms with E-state index >= 15 is 0 Å². The lowest BCUT2D eigenvalue weighted by molar-refractivity contribution is -0.148. The van der Waals surface area contributed by atoms with Crippen molar-refractivity contribution in [1.82, 2.24) is 10.2 Å². The Balaban J connectivity index is 0.00000264. The molecule has 1 amide bonds. The van der Waals surface area contributed by atoms with Crippen molar-refractivity contribution in [2.75, 3.05) is 25.4 Å². The fourth-order valence-corrected chi connectivity index (χ4v) is 2.64. The van der Waals surface area contributed by atoms with Gasteiger partial charge in [0.2, 0.25) is 0 Å². The van der Waals surface area contributed by atoms with Crippen LogP contribution in [0.5, 0.6) is 0 Å². The molecule has 1 heterocycles. The van der Waals surface area contributed by atoms with Gasteiger partial charge >= 0.3 is 6.18 Å². The van der Waals surface area contributed by atoms with Crippen LogP contribution in [0.1, 0.15) is 28.8 Å². The second kappa shape index (κ2) is 7.88. The van der Waals surface area contributed by atoms with Gasteiger partial charge in [-0.15, -0.1) is 12.4 Å². The number of likely N-dealkylation sites (tertiary alicyclic amines) is 1. The maximum Gasteiger partial charge on any atom is 0.401 e. The third kappa shape index (κ3) is 5.91. The number of nitrogens with two attached hydrogens (primary N) is 1. The van der Waals surface area contributed by atoms with Gasteiger partial charge in [0, 0.05) is 30.4 Å². The van der Waals surface area contributed by atoms with Gasteiger partial charge in [0.15, 0.2) is 0 Å². The molecule has 0 aromatic heterocycles. The van der Waals surface area contributed by atoms with Gasteiger partial charge in [-0.1, -0.05) is 6.07 Å². The fourth-order valence-electron chi connectivity index (χ4n) is 2.64. The molecule has 3 N–H and O–H groups in total. The lowest BCUT2D eigenvalue weighted by atomic mass is 10.0. The lowest BCUT2D eigenvalue weighted by Gasteiger charge is -2.32. The molecule has 0 radical (unpaired) electrons. The quantitative estimate of drug-likeness (QED) is 0.823. The smallest absolute Gasteiger partial charge is 0.399 e. The molecular formula is C15H21ClF3N3O. The molecule has 0 saturated carbocycles. The van der Waals surface area contributed by atoms with Crippen molar-refractivity contribution >= 4 is 24.0 Å². The number of anilines is 1. The number of carbonyl (C=O) groups excluding carboxylic acids is 1. The van der Waals surface area contributed by atoms with Crippen molar-refractivity contribution in [1.29, 1.82) is 0 Å². The van der Waals surface area contributed by atoms with Gasteiger partial charge in [0.05, 0.1) is 6.54 Å². The number of hydrogen-bond acceptors (Lipinski definition) is 3. The number of amides is 1. The predicted octanol–water partition coefficient (Wildman–Crippen LogP) is 2.76. The first-order valence-electron chi connectivity index (χ1n) is 7.21. The van der Waals surface area contributed by atoms with Crippen LogP contribution >= 0.6 is 12.4 Å². The maximum atomic E-state index is 12.3. The highest BCUT2D eigenvalue weighted by Crippen LogP contribution is 2.20. The van der Waals surface area contributed by atoms with Crippen molar-refractivity contribution in [2.24, 2.45) is 0 Å². The molecule has 1 aliphatic heterocycles. The number of benzene rings is 1. The topological polar surface area (TPSA) is 58.4 Å². The molecular weight excluding hydrogens is 331 g/mol. The lowest BCUT2D eigenvalue weighted by Crippen LogP contribution is -2.47. The Morgan fingerprint density at radius 2 is 1.96 bits per heavy atom. The molecule has 130 valence electrons. The van der Waals surface area contributed by atoms with E-state index < -0.39 is 12.7 Å². The minimum atomic E-state index is -4.17. The summed E-state index contributed by atoms with van der Waals surface area (Å²) >= 11 is 0. The molecule has 0 unspecified atom stereocenters. The summed E-state index contributed by atoms with van der Waals surface area (Å²) in [6, 6.07) is 5.01. The predicted molar refractivity (Wildman–Crippen MR) is 85.8 cm³/mol. The van der Waals surface area contributed by atoms with E-state index in [0.29, 0.717) is 37.2 Å². The summed E-state index contributed by atoms with van der Waals surface area (Å²) in [7, 11) is 0. The first-order chi connectivity index (χ1) is 10.2. The molecule has 8 heteroatoms. The molecule has 0 bridgehead atoms. The molecule has 1 fully saturated rings. The van der Waals surface area contributed by atoms with Crippen LogP contribution in [0.15, 0.2) is 18.2 Å². The summed E-state index contributed by atoms with van der Waals surface area (Å²) in [5, 5.41) is 2.88. The van der Waals surface area contributed by atoms with Crippen molar-refractivity contribution in [3.8, 4) is 0 Å². The van der Waals surface area contributed by atoms with E-state index in [1.807, 2.05) is 6.92 Å². The zero-order valence-corrected chi connectivity index (χ0v) is 13.6. The molecule has 1 aromatic carbocycles. The van der Waals surface area contributed by atoms with Crippen molar-refractivity contribution < 1.29 is 18.0 Å². The number of halogens is 4. The van der Waals surface area contributed by atoms with Gasteiger partial charge in [-0.3, -0.25) is 9.69 Å². The third-order valence-corrected chi connectivity index (χ3v) is 3.83. The molecule has 1 saturated heterocycles. The standard InChI is InChI=1S/C15H20F3N3O.ClH/c1-10-2-3-11(19)8-13(10)14(22)20-12-4-6-21(7-5-12)9-15(16,17)18;/h2-3,8,12H,4-7,9,19H2,1H3,(H,20,22);1H. The number of alkyl halides is 3. The van der Waals surface area contributed by atoms with E-state index in [-0.39, 0.29) is 24.4 Å². The van der Waals surface area contributed by atoms with Crippen LogP contribution in [0.25, 0.3) is 0 Å². The maximum absolute atomic E-state index is 12.3. The summed E-state index contributed by atoms with van der Waals surface area (Å²) in [5.41, 5.74) is 7.52. The van der Waals surface area contributed by atoms with E-state index in [9.17, 15) is 18.0 Å². The number of piperidine rings is 1. The second-order valence-corrected chi connectivity index (χ2v) is 5.71. The Morgan fingerprint density at radius 3 is 2.52 bits per heavy atom. The van der Waals surface area contributed by atoms with Gasteiger partial charge in [-0.25, -0.2) is 0 Å². The molecule has 0 aliphatic carbocycles. The first-order valence-corrected chi connectivity index (χ1v) is 7.21. The number of rotatable bonds is 3. The Kier molecular flexibility index (Phi) is 6.70. The Bertz CT molecular complexity index is 543. The molecule has 2 rings (SSSR count). The number of aryl methyl sites for hydroxylation is 1. The van der Waals surface area contributed by atoms with Crippen LogP contribution in [0, 0.1) is 6.92 Å². The molecule has 0 spiro atoms. The van der Waals surface area contributed by atoms with E-state index in [0.717, 1.165) is 5.56 Å². The summed E-state index contributed by atoms with van der Waals surface area (Å²) in [4.78, 5) is 13.6. The van der Waals surface area contributed by atoms with Crippen LogP contribution in [-0.2, 0) is 0 Å². The van der Waals surface area contributed by atoms with Crippen LogP contribution in [0.2, 0.25) is 0 Å². The average Bonchev–Trinajstić information content (AvgIpc) is 2.42. The van der Waals surface area contributed by atoms with Gasteiger partial charge in [0.25, 0.3) is 5.91 Å². The molecule has 4 nitrogen and oxygen atoms in total. The third-order valence-electron chi connectivity index (χ3n) is 3.83. The van der Waals surface area contributed by atoms with Crippen LogP contribution in [0.3, 0.4) is 0 Å². The van der Waals surface area contributed by atoms with E-state index in [4.69, 9.17) is 5.73 Å². The molecule has 0 atom stereocenters. The first kappa shape index (κ1) is 19.6. The zero-order valence-electron chi connectivity index (χ0n) is 12.8. The zero-order chi connectivity index (χ0) is 16.3. The molecule has 1 aromatic rings. The van der Waals surface area contributed by atoms with E-state index in [2.05, 4.69) is 5.32 Å². The summed E-state index contributed by atoms with van der Waals surface area (Å²) < 4.78 is 37.0. The van der Waals surface area contributed by atoms with Crippen LogP contribution in [-0.4, -0.2) is 42.7 Å². The monoisotopic (exact) mass is 351 g/mol. The Morgan fingerprint density at radius 1 is 1.35 bits per heavy atom. The Hall–Kier alpha value is -1.47. The summed E-state index contributed by atoms with van der Waals surface area (Å²) in [6.45, 7) is 1.60. The minimum Gasteiger partial charge on any atom is -0.399 e. The van der Waals surface area contributed by atoms with E-state index in [1.54, 1.807) is 18.2 Å². The number of nitrogens with zero attached hydrogens (tertiary/aromatic N) is 1. The largest absolute Gasteiger partial charge is 0.401 e. The number of carbonyl (C=O) groups is 1. The molecule has 1 aliphatic rings.